The van der Waals surface area contributed by atoms with Gasteiger partial charge in [0.15, 0.2) is 0 Å². The SMILES string of the molecule is C=CC(=C)C(=C)c1ccccc1.Cc1ccc(-c2ccc3ccc4c(-c5ccc(C)cc5)cc(-c5ccc(-c6cccc7c6Cc6ccccc6-7)cc5)c5ccc2c3c45)cc1. The van der Waals surface area contributed by atoms with Gasteiger partial charge in [0.2, 0.25) is 0 Å². The van der Waals surface area contributed by atoms with Crippen LogP contribution in [0.1, 0.15) is 27.8 Å². The molecule has 0 bridgehead atoms. The van der Waals surface area contributed by atoms with Crippen LogP contribution in [0, 0.1) is 13.8 Å². The van der Waals surface area contributed by atoms with Crippen LogP contribution in [-0.2, 0) is 6.42 Å². The molecular weight excluding hydrogens is 733 g/mol. The van der Waals surface area contributed by atoms with Gasteiger partial charge in [0.05, 0.1) is 0 Å². The topological polar surface area (TPSA) is 0 Å². The van der Waals surface area contributed by atoms with Gasteiger partial charge >= 0.3 is 0 Å². The van der Waals surface area contributed by atoms with E-state index in [9.17, 15) is 0 Å². The van der Waals surface area contributed by atoms with Crippen molar-refractivity contribution < 1.29 is 0 Å². The maximum Gasteiger partial charge on any atom is -0.000729 e. The summed E-state index contributed by atoms with van der Waals surface area (Å²) in [5, 5.41) is 7.89. The Morgan fingerprint density at radius 2 is 0.918 bits per heavy atom. The predicted octanol–water partition coefficient (Wildman–Crippen LogP) is 16.9. The first-order chi connectivity index (χ1) is 29.9. The van der Waals surface area contributed by atoms with Gasteiger partial charge in [-0.1, -0.05) is 219 Å². The van der Waals surface area contributed by atoms with Crippen LogP contribution >= 0.6 is 0 Å². The second-order valence-corrected chi connectivity index (χ2v) is 16.4. The molecule has 1 aliphatic rings. The normalized spacial score (nSPS) is 11.6. The van der Waals surface area contributed by atoms with Gasteiger partial charge < -0.3 is 0 Å². The molecule has 0 radical (unpaired) electrons. The lowest BCUT2D eigenvalue weighted by atomic mass is 9.83. The van der Waals surface area contributed by atoms with Crippen LogP contribution < -0.4 is 0 Å². The third-order valence-corrected chi connectivity index (χ3v) is 12.6. The van der Waals surface area contributed by atoms with Crippen molar-refractivity contribution in [2.24, 2.45) is 0 Å². The Balaban J connectivity index is 0.000000323. The fraction of sp³-hybridized carbons (Fsp3) is 0.0492. The molecule has 0 nitrogen and oxygen atoms in total. The van der Waals surface area contributed by atoms with Crippen LogP contribution in [0.5, 0.6) is 0 Å². The van der Waals surface area contributed by atoms with E-state index in [0.717, 1.165) is 23.1 Å². The Bertz CT molecular complexity index is 3290. The summed E-state index contributed by atoms with van der Waals surface area (Å²) in [6.07, 6.45) is 2.71. The van der Waals surface area contributed by atoms with E-state index in [4.69, 9.17) is 0 Å². The van der Waals surface area contributed by atoms with Crippen molar-refractivity contribution in [2.45, 2.75) is 20.3 Å². The molecule has 0 aromatic heterocycles. The summed E-state index contributed by atoms with van der Waals surface area (Å²) in [4.78, 5) is 0. The highest BCUT2D eigenvalue weighted by atomic mass is 14.3. The molecule has 10 aromatic carbocycles. The van der Waals surface area contributed by atoms with E-state index in [1.54, 1.807) is 6.08 Å². The minimum atomic E-state index is 0.876. The van der Waals surface area contributed by atoms with E-state index in [2.05, 4.69) is 191 Å². The fourth-order valence-corrected chi connectivity index (χ4v) is 9.30. The number of rotatable bonds is 7. The zero-order valence-electron chi connectivity index (χ0n) is 34.8. The highest BCUT2D eigenvalue weighted by Crippen LogP contribution is 2.47. The number of aryl methyl sites for hydroxylation is 2. The summed E-state index contributed by atoms with van der Waals surface area (Å²) in [6, 6.07) is 69.3. The molecular formula is C61H46. The molecule has 290 valence electrons. The van der Waals surface area contributed by atoms with Crippen LogP contribution in [0.3, 0.4) is 0 Å². The minimum Gasteiger partial charge on any atom is -0.0985 e. The smallest absolute Gasteiger partial charge is 0.000729 e. The summed E-state index contributed by atoms with van der Waals surface area (Å²) in [6.45, 7) is 15.7. The first-order valence-corrected chi connectivity index (χ1v) is 21.1. The van der Waals surface area contributed by atoms with Gasteiger partial charge in [-0.25, -0.2) is 0 Å². The third kappa shape index (κ3) is 6.77. The van der Waals surface area contributed by atoms with Crippen LogP contribution in [0.4, 0.5) is 0 Å². The average molecular weight is 779 g/mol. The van der Waals surface area contributed by atoms with Crippen LogP contribution in [-0.4, -0.2) is 0 Å². The first kappa shape index (κ1) is 37.7. The van der Waals surface area contributed by atoms with E-state index < -0.39 is 0 Å². The van der Waals surface area contributed by atoms with E-state index in [-0.39, 0.29) is 0 Å². The average Bonchev–Trinajstić information content (AvgIpc) is 3.70. The summed E-state index contributed by atoms with van der Waals surface area (Å²) >= 11 is 0. The van der Waals surface area contributed by atoms with Gasteiger partial charge in [-0.3, -0.25) is 0 Å². The molecule has 1 aliphatic carbocycles. The van der Waals surface area contributed by atoms with Gasteiger partial charge in [-0.05, 0) is 142 Å². The van der Waals surface area contributed by atoms with E-state index >= 15 is 0 Å². The Morgan fingerprint density at radius 1 is 0.426 bits per heavy atom. The summed E-state index contributed by atoms with van der Waals surface area (Å²) in [7, 11) is 0. The molecule has 0 heteroatoms. The molecule has 61 heavy (non-hydrogen) atoms. The molecule has 0 saturated heterocycles. The summed E-state index contributed by atoms with van der Waals surface area (Å²) < 4.78 is 0. The van der Waals surface area contributed by atoms with Crippen LogP contribution in [0.25, 0.3) is 93.5 Å². The van der Waals surface area contributed by atoms with Crippen molar-refractivity contribution in [2.75, 3.05) is 0 Å². The number of hydrogen-bond acceptors (Lipinski definition) is 0. The van der Waals surface area contributed by atoms with Crippen molar-refractivity contribution in [1.29, 1.82) is 0 Å². The van der Waals surface area contributed by atoms with Crippen LogP contribution in [0.15, 0.2) is 219 Å². The predicted molar refractivity (Wildman–Crippen MR) is 264 cm³/mol. The van der Waals surface area contributed by atoms with Crippen molar-refractivity contribution in [3.63, 3.8) is 0 Å². The maximum absolute atomic E-state index is 3.92. The molecule has 0 spiro atoms. The molecule has 0 heterocycles. The van der Waals surface area contributed by atoms with E-state index in [0.29, 0.717) is 0 Å². The molecule has 0 saturated carbocycles. The lowest BCUT2D eigenvalue weighted by Crippen LogP contribution is -1.93. The third-order valence-electron chi connectivity index (χ3n) is 12.6. The Kier molecular flexibility index (Phi) is 9.63. The van der Waals surface area contributed by atoms with Crippen molar-refractivity contribution in [3.8, 4) is 55.6 Å². The van der Waals surface area contributed by atoms with Gasteiger partial charge in [0, 0.05) is 0 Å². The van der Waals surface area contributed by atoms with Crippen LogP contribution in [0.2, 0.25) is 0 Å². The highest BCUT2D eigenvalue weighted by molar-refractivity contribution is 6.30. The molecule has 0 N–H and O–H groups in total. The Morgan fingerprint density at radius 3 is 1.56 bits per heavy atom. The van der Waals surface area contributed by atoms with E-state index in [1.807, 2.05) is 30.3 Å². The molecule has 0 unspecified atom stereocenters. The summed E-state index contributed by atoms with van der Waals surface area (Å²) in [5.41, 5.74) is 21.3. The number of fused-ring (bicyclic) bond motifs is 3. The van der Waals surface area contributed by atoms with Gasteiger partial charge in [0.25, 0.3) is 0 Å². The lowest BCUT2D eigenvalue weighted by molar-refractivity contribution is 1.26. The van der Waals surface area contributed by atoms with Gasteiger partial charge in [-0.15, -0.1) is 0 Å². The van der Waals surface area contributed by atoms with Crippen molar-refractivity contribution in [1.82, 2.24) is 0 Å². The first-order valence-electron chi connectivity index (χ1n) is 21.1. The van der Waals surface area contributed by atoms with Gasteiger partial charge in [-0.2, -0.15) is 0 Å². The molecule has 0 fully saturated rings. The quantitative estimate of drug-likeness (QED) is 0.112. The Labute approximate surface area is 359 Å². The van der Waals surface area contributed by atoms with Crippen molar-refractivity contribution in [3.05, 3.63) is 247 Å². The zero-order valence-corrected chi connectivity index (χ0v) is 34.8. The molecule has 11 rings (SSSR count). The number of allylic oxidation sites excluding steroid dienone is 3. The summed E-state index contributed by atoms with van der Waals surface area (Å²) in [5.74, 6) is 0. The monoisotopic (exact) mass is 778 g/mol. The molecule has 0 aliphatic heterocycles. The molecule has 0 atom stereocenters. The largest absolute Gasteiger partial charge is 0.0985 e. The standard InChI is InChI=1S/C49H34.C12H12/c1-30-10-14-32(15-11-30)40-24-22-36-23-25-43-45(34-16-12-31(2)13-17-34)29-46(44-27-26-42(40)48(36)49(43)44)35-20-18-33(19-21-35)38-8-5-9-41-39-7-4-3-6-37(39)28-47(38)41;1-4-10(2)11(3)12-8-6-5-7-9-12/h3-27,29H,28H2,1-2H3;4-9H,1-3H2. The maximum atomic E-state index is 3.92. The highest BCUT2D eigenvalue weighted by Gasteiger charge is 2.22. The number of hydrogen-bond donors (Lipinski definition) is 0. The fourth-order valence-electron chi connectivity index (χ4n) is 9.30. The van der Waals surface area contributed by atoms with E-state index in [1.165, 1.54) is 110 Å². The molecule has 0 amide bonds. The minimum absolute atomic E-state index is 0.876. The van der Waals surface area contributed by atoms with Crippen molar-refractivity contribution >= 4 is 37.9 Å². The second kappa shape index (κ2) is 15.6. The lowest BCUT2D eigenvalue weighted by Gasteiger charge is -2.20. The zero-order chi connectivity index (χ0) is 41.6. The Hall–Kier alpha value is -7.54. The molecule has 10 aromatic rings. The van der Waals surface area contributed by atoms with Gasteiger partial charge in [0.1, 0.15) is 0 Å². The second-order valence-electron chi connectivity index (χ2n) is 16.4. The number of benzene rings is 10.